The summed E-state index contributed by atoms with van der Waals surface area (Å²) in [6.45, 7) is 13.4. The first-order chi connectivity index (χ1) is 15.3. The molecule has 0 aliphatic carbocycles. The standard InChI is InChI=1S/C23H36F3N3O3Si/c1-7-8-9-10-13-29-15-19(27-28-29)17-30-20-11-12-21(32-23(24,25)26)18(14-20)16-31-33(5,6)22(2,3)4/h11-12,14-15H,7-10,13,16-17H2,1-6H3. The maximum atomic E-state index is 12.9. The molecule has 0 unspecified atom stereocenters. The molecule has 2 rings (SSSR count). The minimum Gasteiger partial charge on any atom is -0.487 e. The summed E-state index contributed by atoms with van der Waals surface area (Å²) in [5.74, 6) is 0.127. The van der Waals surface area contributed by atoms with Gasteiger partial charge < -0.3 is 13.9 Å². The smallest absolute Gasteiger partial charge is 0.487 e. The SMILES string of the molecule is CCCCCCn1cc(COc2ccc(OC(F)(F)F)c(CO[Si](C)(C)C(C)(C)C)c2)nn1. The second-order valence-electron chi connectivity index (χ2n) is 9.69. The molecule has 0 N–H and O–H groups in total. The zero-order valence-electron chi connectivity index (χ0n) is 20.5. The summed E-state index contributed by atoms with van der Waals surface area (Å²) in [6.07, 6.45) is 1.59. The van der Waals surface area contributed by atoms with E-state index in [1.807, 2.05) is 19.3 Å². The van der Waals surface area contributed by atoms with E-state index in [1.165, 1.54) is 31.0 Å². The van der Waals surface area contributed by atoms with Gasteiger partial charge in [0.1, 0.15) is 23.8 Å². The molecule has 0 atom stereocenters. The highest BCUT2D eigenvalue weighted by Crippen LogP contribution is 2.38. The summed E-state index contributed by atoms with van der Waals surface area (Å²) >= 11 is 0. The van der Waals surface area contributed by atoms with Crippen molar-refractivity contribution >= 4 is 8.32 Å². The Morgan fingerprint density at radius 3 is 2.39 bits per heavy atom. The third kappa shape index (κ3) is 9.00. The molecule has 0 spiro atoms. The lowest BCUT2D eigenvalue weighted by Gasteiger charge is -2.36. The molecule has 0 saturated carbocycles. The van der Waals surface area contributed by atoms with Crippen molar-refractivity contribution in [1.82, 2.24) is 15.0 Å². The van der Waals surface area contributed by atoms with E-state index in [0.29, 0.717) is 11.4 Å². The number of rotatable bonds is 12. The molecule has 0 bridgehead atoms. The molecular weight excluding hydrogens is 451 g/mol. The van der Waals surface area contributed by atoms with E-state index in [9.17, 15) is 13.2 Å². The molecule has 1 aromatic carbocycles. The third-order valence-electron chi connectivity index (χ3n) is 5.87. The maximum Gasteiger partial charge on any atom is 0.573 e. The maximum absolute atomic E-state index is 12.9. The Balaban J connectivity index is 2.07. The van der Waals surface area contributed by atoms with E-state index < -0.39 is 14.7 Å². The first kappa shape index (κ1) is 27.2. The van der Waals surface area contributed by atoms with E-state index >= 15 is 0 Å². The average molecular weight is 488 g/mol. The van der Waals surface area contributed by atoms with Gasteiger partial charge >= 0.3 is 6.36 Å². The van der Waals surface area contributed by atoms with Crippen LogP contribution in [0.1, 0.15) is 64.6 Å². The zero-order valence-corrected chi connectivity index (χ0v) is 21.5. The van der Waals surface area contributed by atoms with Gasteiger partial charge in [0.05, 0.1) is 12.8 Å². The Morgan fingerprint density at radius 2 is 1.76 bits per heavy atom. The van der Waals surface area contributed by atoms with E-state index in [0.717, 1.165) is 19.4 Å². The largest absolute Gasteiger partial charge is 0.573 e. The van der Waals surface area contributed by atoms with Gasteiger partial charge in [-0.2, -0.15) is 0 Å². The number of ether oxygens (including phenoxy) is 2. The number of hydrogen-bond acceptors (Lipinski definition) is 5. The van der Waals surface area contributed by atoms with Crippen LogP contribution >= 0.6 is 0 Å². The van der Waals surface area contributed by atoms with Crippen LogP contribution in [0.4, 0.5) is 13.2 Å². The van der Waals surface area contributed by atoms with Gasteiger partial charge in [-0.25, -0.2) is 0 Å². The molecule has 0 amide bonds. The minimum absolute atomic E-state index is 0.00699. The lowest BCUT2D eigenvalue weighted by Crippen LogP contribution is -2.40. The minimum atomic E-state index is -4.79. The summed E-state index contributed by atoms with van der Waals surface area (Å²) < 4.78 is 56.6. The summed E-state index contributed by atoms with van der Waals surface area (Å²) in [7, 11) is -2.17. The van der Waals surface area contributed by atoms with Gasteiger partial charge in [0.15, 0.2) is 8.32 Å². The number of unbranched alkanes of at least 4 members (excludes halogenated alkanes) is 3. The molecule has 1 heterocycles. The topological polar surface area (TPSA) is 58.4 Å². The van der Waals surface area contributed by atoms with Crippen molar-refractivity contribution in [3.63, 3.8) is 0 Å². The monoisotopic (exact) mass is 487 g/mol. The molecular formula is C23H36F3N3O3Si. The molecule has 0 aliphatic heterocycles. The van der Waals surface area contributed by atoms with Crippen molar-refractivity contribution in [2.45, 2.75) is 97.6 Å². The van der Waals surface area contributed by atoms with Gasteiger partial charge in [-0.3, -0.25) is 4.68 Å². The van der Waals surface area contributed by atoms with Gasteiger partial charge in [0, 0.05) is 12.1 Å². The highest BCUT2D eigenvalue weighted by molar-refractivity contribution is 6.74. The number of nitrogens with zero attached hydrogens (tertiary/aromatic N) is 3. The number of alkyl halides is 3. The van der Waals surface area contributed by atoms with Crippen LogP contribution in [0.2, 0.25) is 18.1 Å². The van der Waals surface area contributed by atoms with Gasteiger partial charge in [-0.05, 0) is 42.8 Å². The average Bonchev–Trinajstić information content (AvgIpc) is 3.15. The van der Waals surface area contributed by atoms with Crippen LogP contribution in [0, 0.1) is 0 Å². The number of hydrogen-bond donors (Lipinski definition) is 0. The Morgan fingerprint density at radius 1 is 1.03 bits per heavy atom. The van der Waals surface area contributed by atoms with E-state index in [-0.39, 0.29) is 29.6 Å². The van der Waals surface area contributed by atoms with Crippen molar-refractivity contribution in [1.29, 1.82) is 0 Å². The lowest BCUT2D eigenvalue weighted by molar-refractivity contribution is -0.275. The first-order valence-electron chi connectivity index (χ1n) is 11.3. The van der Waals surface area contributed by atoms with Gasteiger partial charge in [-0.1, -0.05) is 52.2 Å². The van der Waals surface area contributed by atoms with Crippen LogP contribution in [0.3, 0.4) is 0 Å². The molecule has 6 nitrogen and oxygen atoms in total. The Bertz CT molecular complexity index is 880. The number of benzene rings is 1. The molecule has 10 heteroatoms. The lowest BCUT2D eigenvalue weighted by atomic mass is 10.2. The van der Waals surface area contributed by atoms with Gasteiger partial charge in [0.2, 0.25) is 0 Å². The molecule has 33 heavy (non-hydrogen) atoms. The van der Waals surface area contributed by atoms with Crippen LogP contribution in [-0.2, 0) is 24.2 Å². The fourth-order valence-corrected chi connectivity index (χ4v) is 3.78. The summed E-state index contributed by atoms with van der Waals surface area (Å²) in [6, 6.07) is 4.24. The van der Waals surface area contributed by atoms with Crippen LogP contribution in [0.5, 0.6) is 11.5 Å². The predicted molar refractivity (Wildman–Crippen MR) is 124 cm³/mol. The van der Waals surface area contributed by atoms with Crippen LogP contribution < -0.4 is 9.47 Å². The quantitative estimate of drug-likeness (QED) is 0.242. The van der Waals surface area contributed by atoms with Gasteiger partial charge in [0.25, 0.3) is 0 Å². The molecule has 0 aliphatic rings. The van der Waals surface area contributed by atoms with Crippen molar-refractivity contribution < 1.29 is 27.1 Å². The predicted octanol–water partition coefficient (Wildman–Crippen LogP) is 6.86. The van der Waals surface area contributed by atoms with E-state index in [1.54, 1.807) is 4.68 Å². The summed E-state index contributed by atoms with van der Waals surface area (Å²) in [4.78, 5) is 0. The second kappa shape index (κ2) is 11.4. The molecule has 0 saturated heterocycles. The number of halogens is 3. The molecule has 2 aromatic rings. The van der Waals surface area contributed by atoms with Crippen molar-refractivity contribution in [2.75, 3.05) is 0 Å². The van der Waals surface area contributed by atoms with Crippen LogP contribution in [0.15, 0.2) is 24.4 Å². The summed E-state index contributed by atoms with van der Waals surface area (Å²) in [5.41, 5.74) is 0.939. The van der Waals surface area contributed by atoms with Crippen molar-refractivity contribution in [3.05, 3.63) is 35.7 Å². The zero-order chi connectivity index (χ0) is 24.7. The van der Waals surface area contributed by atoms with Crippen molar-refractivity contribution in [3.8, 4) is 11.5 Å². The van der Waals surface area contributed by atoms with E-state index in [4.69, 9.17) is 9.16 Å². The highest BCUT2D eigenvalue weighted by Gasteiger charge is 2.38. The fraction of sp³-hybridized carbons (Fsp3) is 0.652. The van der Waals surface area contributed by atoms with E-state index in [2.05, 4.69) is 42.7 Å². The molecule has 1 aromatic heterocycles. The fourth-order valence-electron chi connectivity index (χ4n) is 2.83. The van der Waals surface area contributed by atoms with Crippen LogP contribution in [-0.4, -0.2) is 29.7 Å². The highest BCUT2D eigenvalue weighted by atomic mass is 28.4. The van der Waals surface area contributed by atoms with Crippen LogP contribution in [0.25, 0.3) is 0 Å². The number of aryl methyl sites for hydroxylation is 1. The first-order valence-corrected chi connectivity index (χ1v) is 14.3. The second-order valence-corrected chi connectivity index (χ2v) is 14.5. The Labute approximate surface area is 195 Å². The molecule has 0 fully saturated rings. The Kier molecular flexibility index (Phi) is 9.36. The third-order valence-corrected chi connectivity index (χ3v) is 10.3. The van der Waals surface area contributed by atoms with Crippen molar-refractivity contribution in [2.24, 2.45) is 0 Å². The normalized spacial score (nSPS) is 12.8. The van der Waals surface area contributed by atoms with Gasteiger partial charge in [-0.15, -0.1) is 18.3 Å². The number of aromatic nitrogens is 3. The Hall–Kier alpha value is -2.07. The molecule has 0 radical (unpaired) electrons. The molecule has 186 valence electrons. The summed E-state index contributed by atoms with van der Waals surface area (Å²) in [5, 5.41) is 8.14.